The summed E-state index contributed by atoms with van der Waals surface area (Å²) >= 11 is 0. The highest BCUT2D eigenvalue weighted by atomic mass is 19.4. The van der Waals surface area contributed by atoms with Gasteiger partial charge < -0.3 is 9.47 Å². The third kappa shape index (κ3) is 1.92. The molecule has 1 aromatic carbocycles. The van der Waals surface area contributed by atoms with Crippen molar-refractivity contribution in [1.82, 2.24) is 0 Å². The van der Waals surface area contributed by atoms with E-state index in [0.717, 1.165) is 0 Å². The van der Waals surface area contributed by atoms with Gasteiger partial charge in [0.25, 0.3) is 0 Å². The zero-order valence-electron chi connectivity index (χ0n) is 9.28. The highest BCUT2D eigenvalue weighted by Crippen LogP contribution is 2.52. The maximum absolute atomic E-state index is 13.5. The van der Waals surface area contributed by atoms with Crippen LogP contribution < -0.4 is 4.74 Å². The second kappa shape index (κ2) is 4.08. The second-order valence-electron chi connectivity index (χ2n) is 3.82. The van der Waals surface area contributed by atoms with Gasteiger partial charge in [-0.2, -0.15) is 13.2 Å². The van der Waals surface area contributed by atoms with E-state index < -0.39 is 41.3 Å². The van der Waals surface area contributed by atoms with E-state index in [0.29, 0.717) is 12.1 Å². The summed E-state index contributed by atoms with van der Waals surface area (Å²) in [7, 11) is 0. The molecule has 1 aliphatic rings. The van der Waals surface area contributed by atoms with Gasteiger partial charge in [-0.3, -0.25) is 0 Å². The highest BCUT2D eigenvalue weighted by molar-refractivity contribution is 5.37. The Bertz CT molecular complexity index is 442. The molecule has 1 unspecified atom stereocenters. The highest BCUT2D eigenvalue weighted by Gasteiger charge is 2.67. The third-order valence-electron chi connectivity index (χ3n) is 2.64. The predicted molar refractivity (Wildman–Crippen MR) is 51.2 cm³/mol. The molecule has 0 radical (unpaired) electrons. The van der Waals surface area contributed by atoms with Crippen molar-refractivity contribution in [2.45, 2.75) is 18.7 Å². The summed E-state index contributed by atoms with van der Waals surface area (Å²) < 4.78 is 74.0. The van der Waals surface area contributed by atoms with Gasteiger partial charge in [0.05, 0.1) is 13.2 Å². The minimum atomic E-state index is -4.71. The van der Waals surface area contributed by atoms with Crippen molar-refractivity contribution in [1.29, 1.82) is 0 Å². The van der Waals surface area contributed by atoms with Crippen molar-refractivity contribution >= 4 is 0 Å². The quantitative estimate of drug-likeness (QED) is 0.620. The summed E-state index contributed by atoms with van der Waals surface area (Å²) in [6, 6.07) is 1.18. The van der Waals surface area contributed by atoms with Crippen molar-refractivity contribution < 1.29 is 31.4 Å². The van der Waals surface area contributed by atoms with Gasteiger partial charge in [0.2, 0.25) is 5.60 Å². The number of hydrogen-bond donors (Lipinski definition) is 0. The Balaban J connectivity index is 2.43. The largest absolute Gasteiger partial charge is 0.488 e. The Morgan fingerprint density at radius 2 is 1.78 bits per heavy atom. The van der Waals surface area contributed by atoms with Gasteiger partial charge in [-0.15, -0.1) is 0 Å². The third-order valence-corrected chi connectivity index (χ3v) is 2.64. The average molecular weight is 268 g/mol. The van der Waals surface area contributed by atoms with Crippen molar-refractivity contribution in [3.05, 3.63) is 29.3 Å². The van der Waals surface area contributed by atoms with Crippen LogP contribution in [0.2, 0.25) is 0 Å². The Hall–Kier alpha value is -1.37. The first-order valence-corrected chi connectivity index (χ1v) is 5.15. The molecule has 1 fully saturated rings. The van der Waals surface area contributed by atoms with Crippen molar-refractivity contribution in [2.75, 3.05) is 13.2 Å². The maximum atomic E-state index is 13.5. The molecule has 1 atom stereocenters. The van der Waals surface area contributed by atoms with E-state index in [1.807, 2.05) is 0 Å². The summed E-state index contributed by atoms with van der Waals surface area (Å²) in [5.74, 6) is -3.03. The number of benzene rings is 1. The van der Waals surface area contributed by atoms with Gasteiger partial charge >= 0.3 is 6.18 Å². The number of ether oxygens (including phenoxy) is 2. The summed E-state index contributed by atoms with van der Waals surface area (Å²) in [6.45, 7) is 0.880. The number of hydrogen-bond acceptors (Lipinski definition) is 2. The number of epoxide rings is 1. The van der Waals surface area contributed by atoms with Crippen LogP contribution in [-0.2, 0) is 10.3 Å². The van der Waals surface area contributed by atoms with Gasteiger partial charge in [-0.1, -0.05) is 0 Å². The van der Waals surface area contributed by atoms with Crippen LogP contribution in [0, 0.1) is 11.6 Å². The van der Waals surface area contributed by atoms with E-state index in [1.165, 1.54) is 6.92 Å². The maximum Gasteiger partial charge on any atom is 0.424 e. The molecule has 0 N–H and O–H groups in total. The lowest BCUT2D eigenvalue weighted by molar-refractivity contribution is -0.187. The zero-order chi connectivity index (χ0) is 13.6. The normalized spacial score (nSPS) is 23.0. The summed E-state index contributed by atoms with van der Waals surface area (Å²) in [6.07, 6.45) is -4.71. The minimum absolute atomic E-state index is 0.00804. The number of rotatable bonds is 3. The molecule has 2 nitrogen and oxygen atoms in total. The van der Waals surface area contributed by atoms with Gasteiger partial charge in [0.1, 0.15) is 0 Å². The SMILES string of the molecule is CCOc1c(F)cc(C2(C(F)(F)F)CO2)cc1F. The molecule has 2 rings (SSSR count). The van der Waals surface area contributed by atoms with Gasteiger partial charge in [0, 0.05) is 5.56 Å². The molecule has 0 saturated carbocycles. The standard InChI is InChI=1S/C11H9F5O2/c1-2-17-9-7(12)3-6(4-8(9)13)10(5-18-10)11(14,15)16/h3-4H,2,5H2,1H3. The molecule has 0 aliphatic carbocycles. The summed E-state index contributed by atoms with van der Waals surface area (Å²) in [5.41, 5.74) is -3.17. The van der Waals surface area contributed by atoms with Gasteiger partial charge in [-0.25, -0.2) is 8.78 Å². The van der Waals surface area contributed by atoms with Gasteiger partial charge in [-0.05, 0) is 19.1 Å². The fourth-order valence-corrected chi connectivity index (χ4v) is 1.64. The minimum Gasteiger partial charge on any atom is -0.488 e. The molecular weight excluding hydrogens is 259 g/mol. The number of alkyl halides is 3. The first-order chi connectivity index (χ1) is 8.32. The Morgan fingerprint density at radius 1 is 1.28 bits per heavy atom. The molecule has 18 heavy (non-hydrogen) atoms. The monoisotopic (exact) mass is 268 g/mol. The van der Waals surface area contributed by atoms with E-state index in [2.05, 4.69) is 9.47 Å². The van der Waals surface area contributed by atoms with Crippen molar-refractivity contribution in [2.24, 2.45) is 0 Å². The predicted octanol–water partition coefficient (Wildman–Crippen LogP) is 3.15. The van der Waals surface area contributed by atoms with Crippen molar-refractivity contribution in [3.8, 4) is 5.75 Å². The van der Waals surface area contributed by atoms with Crippen molar-refractivity contribution in [3.63, 3.8) is 0 Å². The fourth-order valence-electron chi connectivity index (χ4n) is 1.64. The smallest absolute Gasteiger partial charge is 0.424 e. The molecule has 0 amide bonds. The first kappa shape index (κ1) is 13.1. The zero-order valence-corrected chi connectivity index (χ0v) is 9.28. The van der Waals surface area contributed by atoms with Crippen LogP contribution >= 0.6 is 0 Å². The topological polar surface area (TPSA) is 21.8 Å². The van der Waals surface area contributed by atoms with Crippen LogP contribution in [0.15, 0.2) is 12.1 Å². The van der Waals surface area contributed by atoms with E-state index in [4.69, 9.17) is 0 Å². The Morgan fingerprint density at radius 3 is 2.11 bits per heavy atom. The molecule has 0 bridgehead atoms. The lowest BCUT2D eigenvalue weighted by Crippen LogP contribution is -2.30. The molecule has 7 heteroatoms. The van der Waals surface area contributed by atoms with Crippen LogP contribution in [0.3, 0.4) is 0 Å². The van der Waals surface area contributed by atoms with E-state index >= 15 is 0 Å². The van der Waals surface area contributed by atoms with E-state index in [1.54, 1.807) is 0 Å². The molecule has 1 aromatic rings. The van der Waals surface area contributed by atoms with Crippen LogP contribution in [0.4, 0.5) is 22.0 Å². The van der Waals surface area contributed by atoms with Crippen LogP contribution in [0.1, 0.15) is 12.5 Å². The van der Waals surface area contributed by atoms with Crippen LogP contribution in [-0.4, -0.2) is 19.4 Å². The second-order valence-corrected chi connectivity index (χ2v) is 3.82. The molecule has 1 heterocycles. The van der Waals surface area contributed by atoms with E-state index in [-0.39, 0.29) is 6.61 Å². The molecule has 1 saturated heterocycles. The average Bonchev–Trinajstić information content (AvgIpc) is 3.03. The molecule has 0 aromatic heterocycles. The number of halogens is 5. The molecule has 100 valence electrons. The lowest BCUT2D eigenvalue weighted by Gasteiger charge is -2.17. The Labute approximate surface area is 99.3 Å². The van der Waals surface area contributed by atoms with E-state index in [9.17, 15) is 22.0 Å². The Kier molecular flexibility index (Phi) is 2.96. The summed E-state index contributed by atoms with van der Waals surface area (Å²) in [4.78, 5) is 0. The summed E-state index contributed by atoms with van der Waals surface area (Å²) in [5, 5.41) is 0. The fraction of sp³-hybridized carbons (Fsp3) is 0.455. The first-order valence-electron chi connectivity index (χ1n) is 5.15. The van der Waals surface area contributed by atoms with Crippen LogP contribution in [0.25, 0.3) is 0 Å². The lowest BCUT2D eigenvalue weighted by atomic mass is 9.99. The molecule has 0 spiro atoms. The molecular formula is C11H9F5O2. The van der Waals surface area contributed by atoms with Gasteiger partial charge in [0.15, 0.2) is 17.4 Å². The molecule has 1 aliphatic heterocycles. The van der Waals surface area contributed by atoms with Crippen LogP contribution in [0.5, 0.6) is 5.75 Å².